The fourth-order valence-electron chi connectivity index (χ4n) is 2.13. The zero-order valence-corrected chi connectivity index (χ0v) is 12.7. The predicted molar refractivity (Wildman–Crippen MR) is 86.1 cm³/mol. The van der Waals surface area contributed by atoms with Gasteiger partial charge in [0.1, 0.15) is 11.4 Å². The highest BCUT2D eigenvalue weighted by atomic mass is 16.5. The van der Waals surface area contributed by atoms with Gasteiger partial charge < -0.3 is 14.5 Å². The third kappa shape index (κ3) is 3.58. The molecule has 2 heterocycles. The summed E-state index contributed by atoms with van der Waals surface area (Å²) in [6.07, 6.45) is 3.34. The van der Waals surface area contributed by atoms with Crippen LogP contribution in [0.5, 0.6) is 5.75 Å². The third-order valence-corrected chi connectivity index (χ3v) is 3.40. The molecular formula is C18H16N2O3. The molecule has 0 unspecified atom stereocenters. The van der Waals surface area contributed by atoms with Gasteiger partial charge >= 0.3 is 0 Å². The molecule has 0 bridgehead atoms. The zero-order chi connectivity index (χ0) is 16.1. The minimum atomic E-state index is -0.136. The van der Waals surface area contributed by atoms with E-state index in [1.165, 1.54) is 0 Å². The van der Waals surface area contributed by atoms with E-state index in [2.05, 4.69) is 10.3 Å². The Labute approximate surface area is 133 Å². The second kappa shape index (κ2) is 6.79. The van der Waals surface area contributed by atoms with Gasteiger partial charge in [-0.3, -0.25) is 9.78 Å². The van der Waals surface area contributed by atoms with Crippen LogP contribution in [0, 0.1) is 0 Å². The number of pyridine rings is 1. The number of amides is 1. The molecule has 3 aromatic rings. The first-order valence-electron chi connectivity index (χ1n) is 7.17. The monoisotopic (exact) mass is 308 g/mol. The van der Waals surface area contributed by atoms with Crippen LogP contribution in [0.25, 0.3) is 11.5 Å². The summed E-state index contributed by atoms with van der Waals surface area (Å²) in [5.74, 6) is 1.31. The highest BCUT2D eigenvalue weighted by Gasteiger charge is 2.06. The lowest BCUT2D eigenvalue weighted by Gasteiger charge is -2.06. The van der Waals surface area contributed by atoms with Crippen LogP contribution in [0.4, 0.5) is 0 Å². The van der Waals surface area contributed by atoms with Crippen molar-refractivity contribution >= 4 is 5.91 Å². The Morgan fingerprint density at radius 2 is 2.00 bits per heavy atom. The van der Waals surface area contributed by atoms with E-state index >= 15 is 0 Å². The smallest absolute Gasteiger partial charge is 0.251 e. The quantitative estimate of drug-likeness (QED) is 0.785. The number of carbonyl (C=O) groups excluding carboxylic acids is 1. The number of methoxy groups -OCH3 is 1. The molecule has 0 aliphatic carbocycles. The van der Waals surface area contributed by atoms with Crippen LogP contribution in [0.1, 0.15) is 15.9 Å². The normalized spacial score (nSPS) is 10.3. The molecule has 3 rings (SSSR count). The molecule has 0 radical (unpaired) electrons. The summed E-state index contributed by atoms with van der Waals surface area (Å²) in [7, 11) is 1.59. The molecule has 1 amide bonds. The second-order valence-corrected chi connectivity index (χ2v) is 4.94. The first-order valence-corrected chi connectivity index (χ1v) is 7.17. The highest BCUT2D eigenvalue weighted by Crippen LogP contribution is 2.17. The number of ether oxygens (including phenoxy) is 1. The topological polar surface area (TPSA) is 64.4 Å². The lowest BCUT2D eigenvalue weighted by Crippen LogP contribution is -2.22. The Hall–Kier alpha value is -3.08. The van der Waals surface area contributed by atoms with Crippen molar-refractivity contribution in [3.63, 3.8) is 0 Å². The van der Waals surface area contributed by atoms with Crippen molar-refractivity contribution in [2.75, 3.05) is 7.11 Å². The minimum Gasteiger partial charge on any atom is -0.497 e. The lowest BCUT2D eigenvalue weighted by atomic mass is 10.2. The van der Waals surface area contributed by atoms with E-state index in [0.717, 1.165) is 22.8 Å². The largest absolute Gasteiger partial charge is 0.497 e. The van der Waals surface area contributed by atoms with Crippen LogP contribution in [0.15, 0.2) is 65.4 Å². The van der Waals surface area contributed by atoms with Crippen molar-refractivity contribution in [2.24, 2.45) is 0 Å². The van der Waals surface area contributed by atoms with E-state index in [-0.39, 0.29) is 5.91 Å². The molecule has 0 aliphatic heterocycles. The van der Waals surface area contributed by atoms with Crippen molar-refractivity contribution in [3.05, 3.63) is 72.1 Å². The molecule has 1 aromatic carbocycles. The predicted octanol–water partition coefficient (Wildman–Crippen LogP) is 3.28. The van der Waals surface area contributed by atoms with Crippen LogP contribution >= 0.6 is 0 Å². The van der Waals surface area contributed by atoms with E-state index in [1.54, 1.807) is 43.8 Å². The Kier molecular flexibility index (Phi) is 4.38. The van der Waals surface area contributed by atoms with Gasteiger partial charge in [-0.1, -0.05) is 6.07 Å². The van der Waals surface area contributed by atoms with Crippen molar-refractivity contribution in [2.45, 2.75) is 6.54 Å². The maximum Gasteiger partial charge on any atom is 0.251 e. The summed E-state index contributed by atoms with van der Waals surface area (Å²) >= 11 is 0. The van der Waals surface area contributed by atoms with E-state index in [1.807, 2.05) is 24.3 Å². The van der Waals surface area contributed by atoms with Gasteiger partial charge in [0.25, 0.3) is 5.91 Å². The first kappa shape index (κ1) is 14.8. The molecule has 5 heteroatoms. The van der Waals surface area contributed by atoms with Gasteiger partial charge in [0.2, 0.25) is 0 Å². The number of nitrogens with one attached hydrogen (secondary N) is 1. The number of hydrogen-bond donors (Lipinski definition) is 1. The van der Waals surface area contributed by atoms with Gasteiger partial charge in [0.05, 0.1) is 13.4 Å². The molecule has 0 aliphatic rings. The Balaban J connectivity index is 1.60. The molecular weight excluding hydrogens is 292 g/mol. The van der Waals surface area contributed by atoms with Crippen LogP contribution in [0.3, 0.4) is 0 Å². The fourth-order valence-corrected chi connectivity index (χ4v) is 2.13. The van der Waals surface area contributed by atoms with Crippen LogP contribution in [-0.4, -0.2) is 18.0 Å². The van der Waals surface area contributed by atoms with E-state index < -0.39 is 0 Å². The molecule has 5 nitrogen and oxygen atoms in total. The van der Waals surface area contributed by atoms with Crippen molar-refractivity contribution in [1.29, 1.82) is 0 Å². The number of furan rings is 1. The Morgan fingerprint density at radius 1 is 1.17 bits per heavy atom. The highest BCUT2D eigenvalue weighted by molar-refractivity contribution is 5.94. The number of hydrogen-bond acceptors (Lipinski definition) is 4. The SMILES string of the molecule is COc1ccc(C(=O)NCc2ccc(-c3ccco3)nc2)cc1. The fraction of sp³-hybridized carbons (Fsp3) is 0.111. The molecule has 0 saturated carbocycles. The van der Waals surface area contributed by atoms with Gasteiger partial charge in [0.15, 0.2) is 5.76 Å². The molecule has 0 spiro atoms. The molecule has 0 fully saturated rings. The standard InChI is InChI=1S/C18H16N2O3/c1-22-15-7-5-14(6-8-15)18(21)20-12-13-4-9-16(19-11-13)17-3-2-10-23-17/h2-11H,12H2,1H3,(H,20,21). The van der Waals surface area contributed by atoms with E-state index in [0.29, 0.717) is 12.1 Å². The van der Waals surface area contributed by atoms with Crippen molar-refractivity contribution in [3.8, 4) is 17.2 Å². The molecule has 116 valence electrons. The van der Waals surface area contributed by atoms with Crippen LogP contribution in [0.2, 0.25) is 0 Å². The van der Waals surface area contributed by atoms with Gasteiger partial charge in [-0.25, -0.2) is 0 Å². The van der Waals surface area contributed by atoms with Crippen molar-refractivity contribution in [1.82, 2.24) is 10.3 Å². The average molecular weight is 308 g/mol. The summed E-state index contributed by atoms with van der Waals surface area (Å²) in [6.45, 7) is 0.413. The molecule has 23 heavy (non-hydrogen) atoms. The van der Waals surface area contributed by atoms with E-state index in [9.17, 15) is 4.79 Å². The number of rotatable bonds is 5. The second-order valence-electron chi connectivity index (χ2n) is 4.94. The zero-order valence-electron chi connectivity index (χ0n) is 12.7. The number of nitrogens with zero attached hydrogens (tertiary/aromatic N) is 1. The maximum atomic E-state index is 12.1. The molecule has 0 atom stereocenters. The number of benzene rings is 1. The maximum absolute atomic E-state index is 12.1. The molecule has 1 N–H and O–H groups in total. The Bertz CT molecular complexity index is 763. The summed E-state index contributed by atoms with van der Waals surface area (Å²) in [4.78, 5) is 16.4. The third-order valence-electron chi connectivity index (χ3n) is 3.40. The lowest BCUT2D eigenvalue weighted by molar-refractivity contribution is 0.0951. The van der Waals surface area contributed by atoms with Crippen molar-refractivity contribution < 1.29 is 13.9 Å². The number of carbonyl (C=O) groups is 1. The Morgan fingerprint density at radius 3 is 2.61 bits per heavy atom. The summed E-state index contributed by atoms with van der Waals surface area (Å²) in [6, 6.07) is 14.4. The van der Waals surface area contributed by atoms with Gasteiger partial charge in [-0.2, -0.15) is 0 Å². The van der Waals surface area contributed by atoms with Gasteiger partial charge in [-0.15, -0.1) is 0 Å². The number of aromatic nitrogens is 1. The van der Waals surface area contributed by atoms with Crippen LogP contribution in [-0.2, 0) is 6.54 Å². The van der Waals surface area contributed by atoms with Gasteiger partial charge in [-0.05, 0) is 48.0 Å². The average Bonchev–Trinajstić information content (AvgIpc) is 3.15. The summed E-state index contributed by atoms with van der Waals surface area (Å²) in [5.41, 5.74) is 2.27. The van der Waals surface area contributed by atoms with E-state index in [4.69, 9.17) is 9.15 Å². The first-order chi connectivity index (χ1) is 11.3. The summed E-state index contributed by atoms with van der Waals surface area (Å²) < 4.78 is 10.4. The molecule has 2 aromatic heterocycles. The molecule has 0 saturated heterocycles. The van der Waals surface area contributed by atoms with Gasteiger partial charge in [0, 0.05) is 18.3 Å². The summed E-state index contributed by atoms with van der Waals surface area (Å²) in [5, 5.41) is 2.86. The van der Waals surface area contributed by atoms with Crippen LogP contribution < -0.4 is 10.1 Å². The minimum absolute atomic E-state index is 0.136.